The van der Waals surface area contributed by atoms with Crippen LogP contribution in [0.3, 0.4) is 0 Å². The maximum absolute atomic E-state index is 12.1. The fourth-order valence-electron chi connectivity index (χ4n) is 6.63. The zero-order chi connectivity index (χ0) is 49.8. The number of fused-ring (bicyclic) bond motifs is 2. The summed E-state index contributed by atoms with van der Waals surface area (Å²) in [5.74, 6) is 2.30. The van der Waals surface area contributed by atoms with Gasteiger partial charge in [0.2, 0.25) is 5.91 Å². The fourth-order valence-corrected chi connectivity index (χ4v) is 8.97. The molecule has 70 heavy (non-hydrogen) atoms. The number of carbonyl (C=O) groups is 5. The van der Waals surface area contributed by atoms with Crippen molar-refractivity contribution < 1.29 is 52.1 Å². The molecule has 0 saturated carbocycles. The number of nitrogens with two attached hydrogens (primary N) is 1. The van der Waals surface area contributed by atoms with Gasteiger partial charge in [0.15, 0.2) is 17.9 Å². The van der Waals surface area contributed by atoms with Crippen molar-refractivity contribution >= 4 is 100 Å². The maximum atomic E-state index is 12.1. The molecular formula is C49H46Cl3N5O11S2. The van der Waals surface area contributed by atoms with E-state index in [9.17, 15) is 24.0 Å². The van der Waals surface area contributed by atoms with Crippen molar-refractivity contribution in [2.45, 2.75) is 59.7 Å². The lowest BCUT2D eigenvalue weighted by molar-refractivity contribution is -0.131. The molecule has 2 aliphatic heterocycles. The van der Waals surface area contributed by atoms with Gasteiger partial charge in [-0.1, -0.05) is 38.7 Å². The molecule has 7 aromatic rings. The van der Waals surface area contributed by atoms with Crippen molar-refractivity contribution in [1.82, 2.24) is 20.8 Å². The number of benzene rings is 2. The van der Waals surface area contributed by atoms with E-state index in [1.54, 1.807) is 58.9 Å². The molecule has 1 amide bonds. The molecule has 2 atom stereocenters. The molecular weight excluding hydrogens is 1010 g/mol. The lowest BCUT2D eigenvalue weighted by atomic mass is 10.1. The standard InChI is InChI=1S/C22H19ClN2O4S.C15H14ClNO2S.C7H7NO3.C5H5NO2.ClH/c1-12-7-16(25-29-12)3-6-21(27)24-11-17-9-15-8-14(10-18(23)22(15)28-17)20-5-4-19(30-20)13(2)26;1-8(18)13-2-3-14(20-13)9-4-10-5-11(7-17)19-15(10)12(16)6-9;1-5-4-6(8-11-5)2-3-7(9)10;1-4-2-5(3-7)6-8-4;/h3-8,10,17H,9,11H2,1-2H3,(H,24,27);2-4,6,11H,5,7,17H2,1H3;2-4H,1H3,(H,9,10);2-3H,1H3;1H/b6-3+;;3-2+;;. The summed E-state index contributed by atoms with van der Waals surface area (Å²) in [5, 5.41) is 23.0. The van der Waals surface area contributed by atoms with Crippen LogP contribution < -0.4 is 20.5 Å². The van der Waals surface area contributed by atoms with Crippen LogP contribution in [0.25, 0.3) is 33.0 Å². The number of ether oxygens (including phenoxy) is 2. The fraction of sp³-hybridized carbons (Fsp3) is 0.224. The third-order valence-electron chi connectivity index (χ3n) is 9.81. The van der Waals surface area contributed by atoms with Gasteiger partial charge in [-0.3, -0.25) is 19.2 Å². The summed E-state index contributed by atoms with van der Waals surface area (Å²) < 4.78 is 25.9. The van der Waals surface area contributed by atoms with Gasteiger partial charge in [0.05, 0.1) is 26.3 Å². The highest BCUT2D eigenvalue weighted by molar-refractivity contribution is 7.17. The first-order chi connectivity index (χ1) is 33.0. The third kappa shape index (κ3) is 15.2. The Labute approximate surface area is 425 Å². The van der Waals surface area contributed by atoms with E-state index in [0.29, 0.717) is 80.8 Å². The molecule has 0 spiro atoms. The SMILES string of the molecule is CC(=O)c1ccc(-c2cc(Cl)c3c(c2)CC(CN)O3)s1.CC(=O)c1ccc(-c2cc(Cl)c3c(c2)CC(CNC(=O)/C=C/c2cc(C)on2)O3)s1.Cc1cc(/C=C/C(=O)O)no1.Cc1cc(C=O)no1.Cl. The highest BCUT2D eigenvalue weighted by Gasteiger charge is 2.27. The number of carboxylic acid groups (broad SMARTS) is 1. The van der Waals surface area contributed by atoms with Crippen LogP contribution in [0.4, 0.5) is 0 Å². The number of carboxylic acids is 1. The van der Waals surface area contributed by atoms with Crippen molar-refractivity contribution in [2.75, 3.05) is 13.1 Å². The van der Waals surface area contributed by atoms with E-state index >= 15 is 0 Å². The maximum Gasteiger partial charge on any atom is 0.328 e. The van der Waals surface area contributed by atoms with E-state index in [-0.39, 0.29) is 42.1 Å². The first-order valence-electron chi connectivity index (χ1n) is 21.0. The number of nitrogens with one attached hydrogen (secondary N) is 1. The number of amides is 1. The zero-order valence-electron chi connectivity index (χ0n) is 38.2. The van der Waals surface area contributed by atoms with Crippen LogP contribution in [0, 0.1) is 20.8 Å². The van der Waals surface area contributed by atoms with Gasteiger partial charge in [-0.2, -0.15) is 0 Å². The Hall–Kier alpha value is -6.67. The van der Waals surface area contributed by atoms with Crippen LogP contribution in [-0.4, -0.2) is 75.6 Å². The van der Waals surface area contributed by atoms with E-state index in [1.165, 1.54) is 34.8 Å². The van der Waals surface area contributed by atoms with Crippen molar-refractivity contribution in [3.63, 3.8) is 0 Å². The van der Waals surface area contributed by atoms with Crippen LogP contribution >= 0.6 is 58.3 Å². The summed E-state index contributed by atoms with van der Waals surface area (Å²) in [5.41, 5.74) is 11.2. The van der Waals surface area contributed by atoms with Gasteiger partial charge in [-0.15, -0.1) is 35.1 Å². The Morgan fingerprint density at radius 2 is 1.14 bits per heavy atom. The minimum atomic E-state index is -0.995. The molecule has 2 aromatic carbocycles. The van der Waals surface area contributed by atoms with Gasteiger partial charge in [0.25, 0.3) is 0 Å². The van der Waals surface area contributed by atoms with Crippen LogP contribution in [0.2, 0.25) is 10.0 Å². The summed E-state index contributed by atoms with van der Waals surface area (Å²) in [7, 11) is 0. The topological polar surface area (TPSA) is 240 Å². The van der Waals surface area contributed by atoms with Crippen LogP contribution in [0.5, 0.6) is 11.5 Å². The number of carbonyl (C=O) groups excluding carboxylic acids is 4. The molecule has 0 aliphatic carbocycles. The number of Topliss-reactive ketones (excluding diaryl/α,β-unsaturated/α-hetero) is 2. The molecule has 0 radical (unpaired) electrons. The molecule has 9 rings (SSSR count). The minimum Gasteiger partial charge on any atom is -0.487 e. The summed E-state index contributed by atoms with van der Waals surface area (Å²) in [6.45, 7) is 9.23. The highest BCUT2D eigenvalue weighted by Crippen LogP contribution is 2.42. The Balaban J connectivity index is 0.000000195. The largest absolute Gasteiger partial charge is 0.487 e. The van der Waals surface area contributed by atoms with Gasteiger partial charge in [0.1, 0.15) is 58.1 Å². The van der Waals surface area contributed by atoms with Gasteiger partial charge < -0.3 is 39.2 Å². The van der Waals surface area contributed by atoms with E-state index in [2.05, 4.69) is 31.4 Å². The van der Waals surface area contributed by atoms with Crippen molar-refractivity contribution in [3.05, 3.63) is 144 Å². The van der Waals surface area contributed by atoms with Gasteiger partial charge in [-0.25, -0.2) is 4.79 Å². The van der Waals surface area contributed by atoms with Crippen LogP contribution in [0.15, 0.2) is 92.5 Å². The van der Waals surface area contributed by atoms with E-state index < -0.39 is 5.97 Å². The van der Waals surface area contributed by atoms with Crippen molar-refractivity contribution in [2.24, 2.45) is 5.73 Å². The second kappa shape index (κ2) is 25.3. The third-order valence-corrected chi connectivity index (χ3v) is 12.8. The molecule has 16 nitrogen and oxygen atoms in total. The number of rotatable bonds is 12. The number of aryl methyl sites for hydroxylation is 3. The predicted molar refractivity (Wildman–Crippen MR) is 270 cm³/mol. The number of thiophene rings is 2. The molecule has 0 saturated heterocycles. The Morgan fingerprint density at radius 1 is 0.700 bits per heavy atom. The second-order valence-corrected chi connectivity index (χ2v) is 18.4. The average Bonchev–Trinajstić information content (AvgIpc) is 4.18. The molecule has 2 aliphatic rings. The number of hydrogen-bond donors (Lipinski definition) is 3. The normalized spacial score (nSPS) is 14.1. The van der Waals surface area contributed by atoms with Gasteiger partial charge >= 0.3 is 5.97 Å². The van der Waals surface area contributed by atoms with Crippen LogP contribution in [0.1, 0.15) is 83.5 Å². The monoisotopic (exact) mass is 1050 g/mol. The Bertz CT molecular complexity index is 3040. The van der Waals surface area contributed by atoms with Crippen molar-refractivity contribution in [1.29, 1.82) is 0 Å². The first kappa shape index (κ1) is 54.3. The zero-order valence-corrected chi connectivity index (χ0v) is 42.1. The number of aliphatic carboxylic acids is 1. The summed E-state index contributed by atoms with van der Waals surface area (Å²) in [6, 6.07) is 20.4. The molecule has 21 heteroatoms. The van der Waals surface area contributed by atoms with Crippen molar-refractivity contribution in [3.8, 4) is 32.4 Å². The molecule has 366 valence electrons. The van der Waals surface area contributed by atoms with Crippen LogP contribution in [-0.2, 0) is 22.4 Å². The molecule has 0 bridgehead atoms. The van der Waals surface area contributed by atoms with E-state index in [1.807, 2.05) is 42.5 Å². The number of halogens is 3. The number of aromatic nitrogens is 3. The molecule has 7 heterocycles. The van der Waals surface area contributed by atoms with Gasteiger partial charge in [-0.05, 0) is 106 Å². The summed E-state index contributed by atoms with van der Waals surface area (Å²) in [4.78, 5) is 58.4. The first-order valence-corrected chi connectivity index (χ1v) is 23.4. The number of aldehydes is 1. The molecule has 5 aromatic heterocycles. The minimum absolute atomic E-state index is 0. The Morgan fingerprint density at radius 3 is 1.53 bits per heavy atom. The lowest BCUT2D eigenvalue weighted by Gasteiger charge is -2.11. The smallest absolute Gasteiger partial charge is 0.328 e. The Kier molecular flexibility index (Phi) is 19.6. The number of hydrogen-bond acceptors (Lipinski definition) is 16. The highest BCUT2D eigenvalue weighted by atomic mass is 35.5. The van der Waals surface area contributed by atoms with Gasteiger partial charge in [0, 0.05) is 70.6 Å². The molecule has 4 N–H and O–H groups in total. The number of nitrogens with zero attached hydrogens (tertiary/aromatic N) is 3. The summed E-state index contributed by atoms with van der Waals surface area (Å²) in [6.07, 6.45) is 7.27. The lowest BCUT2D eigenvalue weighted by Crippen LogP contribution is -2.33. The average molecular weight is 1050 g/mol. The quantitative estimate of drug-likeness (QED) is 0.0586. The second-order valence-electron chi connectivity index (χ2n) is 15.4. The van der Waals surface area contributed by atoms with E-state index in [0.717, 1.165) is 55.1 Å². The predicted octanol–water partition coefficient (Wildman–Crippen LogP) is 10.5. The molecule has 0 fully saturated rings. The summed E-state index contributed by atoms with van der Waals surface area (Å²) >= 11 is 15.7. The van der Waals surface area contributed by atoms with E-state index in [4.69, 9.17) is 52.6 Å². The molecule has 2 unspecified atom stereocenters. The number of ketones is 2.